The first-order chi connectivity index (χ1) is 11.9. The first-order valence-corrected chi connectivity index (χ1v) is 9.97. The summed E-state index contributed by atoms with van der Waals surface area (Å²) in [6.45, 7) is 2.62. The van der Waals surface area contributed by atoms with E-state index in [0.717, 1.165) is 36.0 Å². The van der Waals surface area contributed by atoms with E-state index in [-0.39, 0.29) is 6.10 Å². The van der Waals surface area contributed by atoms with Crippen LogP contribution < -0.4 is 8.92 Å². The van der Waals surface area contributed by atoms with E-state index in [1.807, 2.05) is 36.4 Å². The molecule has 2 rings (SSSR count). The molecule has 25 heavy (non-hydrogen) atoms. The van der Waals surface area contributed by atoms with Gasteiger partial charge in [0, 0.05) is 13.5 Å². The van der Waals surface area contributed by atoms with Gasteiger partial charge in [0.15, 0.2) is 0 Å². The van der Waals surface area contributed by atoms with E-state index in [2.05, 4.69) is 6.92 Å². The Hall–Kier alpha value is -2.05. The Bertz CT molecular complexity index is 747. The number of hydrogen-bond donors (Lipinski definition) is 0. The molecule has 6 heteroatoms. The number of benzene rings is 2. The molecule has 0 N–H and O–H groups in total. The summed E-state index contributed by atoms with van der Waals surface area (Å²) < 4.78 is 38.1. The zero-order valence-corrected chi connectivity index (χ0v) is 15.6. The molecule has 136 valence electrons. The Labute approximate surface area is 149 Å². The smallest absolute Gasteiger partial charge is 0.306 e. The van der Waals surface area contributed by atoms with E-state index >= 15 is 0 Å². The average molecular weight is 364 g/mol. The molecule has 1 atom stereocenters. The Balaban J connectivity index is 1.84. The third-order valence-corrected chi connectivity index (χ3v) is 4.23. The summed E-state index contributed by atoms with van der Waals surface area (Å²) in [4.78, 5) is 0. The van der Waals surface area contributed by atoms with Crippen LogP contribution in [0.1, 0.15) is 30.6 Å². The minimum atomic E-state index is -3.49. The second kappa shape index (κ2) is 8.87. The van der Waals surface area contributed by atoms with Crippen molar-refractivity contribution in [2.24, 2.45) is 0 Å². The molecule has 0 bridgehead atoms. The summed E-state index contributed by atoms with van der Waals surface area (Å²) in [6.07, 6.45) is 2.78. The van der Waals surface area contributed by atoms with Crippen molar-refractivity contribution < 1.29 is 22.1 Å². The van der Waals surface area contributed by atoms with E-state index in [0.29, 0.717) is 12.4 Å². The Kier molecular flexibility index (Phi) is 6.84. The van der Waals surface area contributed by atoms with Gasteiger partial charge in [-0.1, -0.05) is 31.2 Å². The molecule has 0 radical (unpaired) electrons. The largest absolute Gasteiger partial charge is 0.493 e. The quantitative estimate of drug-likeness (QED) is 0.634. The summed E-state index contributed by atoms with van der Waals surface area (Å²) in [5.74, 6) is 1.12. The van der Waals surface area contributed by atoms with Gasteiger partial charge in [-0.2, -0.15) is 8.42 Å². The molecule has 0 aromatic heterocycles. The molecule has 0 aliphatic rings. The van der Waals surface area contributed by atoms with Crippen LogP contribution in [0.2, 0.25) is 0 Å². The fourth-order valence-corrected chi connectivity index (χ4v) is 2.95. The molecule has 0 fully saturated rings. The maximum Gasteiger partial charge on any atom is 0.306 e. The van der Waals surface area contributed by atoms with Crippen LogP contribution in [0.3, 0.4) is 0 Å². The van der Waals surface area contributed by atoms with Crippen LogP contribution in [0.5, 0.6) is 11.5 Å². The molecule has 2 aromatic rings. The highest BCUT2D eigenvalue weighted by Gasteiger charge is 2.07. The fraction of sp³-hybridized carbons (Fsp3) is 0.368. The normalized spacial score (nSPS) is 12.6. The van der Waals surface area contributed by atoms with Crippen molar-refractivity contribution in [1.29, 1.82) is 0 Å². The highest BCUT2D eigenvalue weighted by atomic mass is 32.2. The van der Waals surface area contributed by atoms with E-state index in [9.17, 15) is 8.42 Å². The fourth-order valence-electron chi connectivity index (χ4n) is 2.49. The van der Waals surface area contributed by atoms with Crippen LogP contribution in [-0.2, 0) is 21.3 Å². The van der Waals surface area contributed by atoms with Gasteiger partial charge in [-0.05, 0) is 41.8 Å². The zero-order valence-electron chi connectivity index (χ0n) is 14.8. The number of methoxy groups -OCH3 is 1. The van der Waals surface area contributed by atoms with Crippen molar-refractivity contribution in [2.75, 3.05) is 20.0 Å². The van der Waals surface area contributed by atoms with E-state index in [1.54, 1.807) is 19.2 Å². The summed E-state index contributed by atoms with van der Waals surface area (Å²) in [6, 6.07) is 14.9. The molecule has 0 saturated heterocycles. The number of hydrogen-bond acceptors (Lipinski definition) is 5. The van der Waals surface area contributed by atoms with Gasteiger partial charge in [-0.3, -0.25) is 0 Å². The third-order valence-electron chi connectivity index (χ3n) is 3.74. The second-order valence-electron chi connectivity index (χ2n) is 5.73. The van der Waals surface area contributed by atoms with Crippen LogP contribution in [-0.4, -0.2) is 28.4 Å². The van der Waals surface area contributed by atoms with Gasteiger partial charge in [0.25, 0.3) is 0 Å². The van der Waals surface area contributed by atoms with Gasteiger partial charge in [0.05, 0.1) is 19.0 Å². The van der Waals surface area contributed by atoms with Crippen LogP contribution in [0, 0.1) is 0 Å². The lowest BCUT2D eigenvalue weighted by Crippen LogP contribution is -2.06. The number of ether oxygens (including phenoxy) is 2. The van der Waals surface area contributed by atoms with Crippen molar-refractivity contribution in [3.05, 3.63) is 59.7 Å². The topological polar surface area (TPSA) is 61.8 Å². The van der Waals surface area contributed by atoms with Gasteiger partial charge in [0.2, 0.25) is 0 Å². The van der Waals surface area contributed by atoms with Gasteiger partial charge in [0.1, 0.15) is 11.5 Å². The lowest BCUT2D eigenvalue weighted by molar-refractivity contribution is 0.1000. The summed E-state index contributed by atoms with van der Waals surface area (Å²) >= 11 is 0. The number of rotatable bonds is 9. The average Bonchev–Trinajstić information content (AvgIpc) is 2.57. The zero-order chi connectivity index (χ0) is 18.3. The predicted octanol–water partition coefficient (Wildman–Crippen LogP) is 3.74. The molecule has 0 aliphatic heterocycles. The lowest BCUT2D eigenvalue weighted by atomic mass is 10.1. The van der Waals surface area contributed by atoms with Gasteiger partial charge >= 0.3 is 10.1 Å². The van der Waals surface area contributed by atoms with Crippen molar-refractivity contribution in [1.82, 2.24) is 0 Å². The van der Waals surface area contributed by atoms with Crippen LogP contribution >= 0.6 is 0 Å². The highest BCUT2D eigenvalue weighted by Crippen LogP contribution is 2.23. The molecule has 1 unspecified atom stereocenters. The molecule has 0 aliphatic carbocycles. The molecule has 0 amide bonds. The Morgan fingerprint density at radius 3 is 2.08 bits per heavy atom. The first-order valence-electron chi connectivity index (χ1n) is 8.15. The second-order valence-corrected chi connectivity index (χ2v) is 7.31. The van der Waals surface area contributed by atoms with Crippen molar-refractivity contribution in [3.63, 3.8) is 0 Å². The van der Waals surface area contributed by atoms with E-state index in [1.165, 1.54) is 0 Å². The van der Waals surface area contributed by atoms with Crippen molar-refractivity contribution >= 4 is 10.1 Å². The van der Waals surface area contributed by atoms with E-state index < -0.39 is 10.1 Å². The standard InChI is InChI=1S/C19H24O5S/c1-4-19(22-2)16-7-11-17(12-8-16)23-14-13-15-5-9-18(10-6-15)24-25(3,20)21/h5-12,19H,4,13-14H2,1-3H3. The molecule has 5 nitrogen and oxygen atoms in total. The molecule has 0 spiro atoms. The van der Waals surface area contributed by atoms with Crippen molar-refractivity contribution in [3.8, 4) is 11.5 Å². The SMILES string of the molecule is CCC(OC)c1ccc(OCCc2ccc(OS(C)(=O)=O)cc2)cc1. The summed E-state index contributed by atoms with van der Waals surface area (Å²) in [5.41, 5.74) is 2.18. The van der Waals surface area contributed by atoms with Crippen molar-refractivity contribution in [2.45, 2.75) is 25.9 Å². The maximum absolute atomic E-state index is 11.1. The monoisotopic (exact) mass is 364 g/mol. The highest BCUT2D eigenvalue weighted by molar-refractivity contribution is 7.86. The Morgan fingerprint density at radius 2 is 1.56 bits per heavy atom. The predicted molar refractivity (Wildman–Crippen MR) is 97.6 cm³/mol. The van der Waals surface area contributed by atoms with Gasteiger partial charge in [-0.25, -0.2) is 0 Å². The van der Waals surface area contributed by atoms with Gasteiger partial charge in [-0.15, -0.1) is 0 Å². The molecule has 0 heterocycles. The molecular weight excluding hydrogens is 340 g/mol. The minimum absolute atomic E-state index is 0.113. The van der Waals surface area contributed by atoms with E-state index in [4.69, 9.17) is 13.7 Å². The lowest BCUT2D eigenvalue weighted by Gasteiger charge is -2.14. The Morgan fingerprint density at radius 1 is 0.960 bits per heavy atom. The summed E-state index contributed by atoms with van der Waals surface area (Å²) in [7, 11) is -1.78. The molecule has 0 saturated carbocycles. The maximum atomic E-state index is 11.1. The molecule has 2 aromatic carbocycles. The third kappa shape index (κ3) is 6.40. The van der Waals surface area contributed by atoms with Crippen LogP contribution in [0.25, 0.3) is 0 Å². The first kappa shape index (κ1) is 19.3. The minimum Gasteiger partial charge on any atom is -0.493 e. The van der Waals surface area contributed by atoms with Crippen LogP contribution in [0.4, 0.5) is 0 Å². The van der Waals surface area contributed by atoms with Gasteiger partial charge < -0.3 is 13.7 Å². The molecular formula is C19H24O5S. The summed E-state index contributed by atoms with van der Waals surface area (Å²) in [5, 5.41) is 0. The van der Waals surface area contributed by atoms with Crippen LogP contribution in [0.15, 0.2) is 48.5 Å².